The molecule has 2 heterocycles. The first-order valence-corrected chi connectivity index (χ1v) is 6.70. The van der Waals surface area contributed by atoms with Gasteiger partial charge in [0.15, 0.2) is 5.82 Å². The first-order chi connectivity index (χ1) is 9.17. The van der Waals surface area contributed by atoms with Crippen molar-refractivity contribution in [3.05, 3.63) is 23.5 Å². The lowest BCUT2D eigenvalue weighted by molar-refractivity contribution is 0.261. The Balaban J connectivity index is 2.04. The molecule has 1 aromatic carbocycles. The van der Waals surface area contributed by atoms with E-state index in [0.717, 1.165) is 28.1 Å². The number of methoxy groups -OCH3 is 1. The number of hydrazone groups is 1. The van der Waals surface area contributed by atoms with Gasteiger partial charge in [-0.1, -0.05) is 11.8 Å². The number of aromatic amines is 1. The van der Waals surface area contributed by atoms with Crippen LogP contribution in [0.1, 0.15) is 11.4 Å². The first kappa shape index (κ1) is 12.0. The van der Waals surface area contributed by atoms with Crippen LogP contribution in [0.5, 0.6) is 5.75 Å². The largest absolute Gasteiger partial charge is 0.496 e. The van der Waals surface area contributed by atoms with Crippen LogP contribution in [0.25, 0.3) is 11.0 Å². The van der Waals surface area contributed by atoms with Gasteiger partial charge in [0.2, 0.25) is 0 Å². The minimum Gasteiger partial charge on any atom is -0.496 e. The van der Waals surface area contributed by atoms with Gasteiger partial charge in [0.25, 0.3) is 5.24 Å². The number of thioether (sulfide) groups is 1. The Hall–Kier alpha value is -2.02. The molecule has 7 heteroatoms. The Bertz CT molecular complexity index is 692. The molecule has 0 aliphatic carbocycles. The molecule has 1 aliphatic heterocycles. The summed E-state index contributed by atoms with van der Waals surface area (Å²) in [5.41, 5.74) is 5.96. The molecule has 98 valence electrons. The van der Waals surface area contributed by atoms with Crippen molar-refractivity contribution in [2.24, 2.45) is 5.10 Å². The van der Waals surface area contributed by atoms with E-state index in [1.165, 1.54) is 11.8 Å². The summed E-state index contributed by atoms with van der Waals surface area (Å²) in [6.45, 7) is 1.98. The van der Waals surface area contributed by atoms with E-state index in [-0.39, 0.29) is 5.24 Å². The Morgan fingerprint density at radius 1 is 1.42 bits per heavy atom. The number of imidazole rings is 1. The number of rotatable bonds is 2. The maximum atomic E-state index is 11.0. The monoisotopic (exact) mass is 276 g/mol. The van der Waals surface area contributed by atoms with Crippen LogP contribution in [-0.4, -0.2) is 33.8 Å². The molecule has 0 spiro atoms. The van der Waals surface area contributed by atoms with Crippen molar-refractivity contribution >= 4 is 33.7 Å². The molecule has 1 aromatic heterocycles. The summed E-state index contributed by atoms with van der Waals surface area (Å²) >= 11 is 1.18. The highest BCUT2D eigenvalue weighted by Gasteiger charge is 2.17. The molecule has 2 aromatic rings. The van der Waals surface area contributed by atoms with Crippen LogP contribution in [0, 0.1) is 6.92 Å². The number of carbonyl (C=O) groups excluding carboxylic acids is 1. The summed E-state index contributed by atoms with van der Waals surface area (Å²) in [6, 6.07) is 3.87. The number of hydrogen-bond donors (Lipinski definition) is 2. The second-order valence-electron chi connectivity index (χ2n) is 4.17. The number of aryl methyl sites for hydroxylation is 1. The third-order valence-corrected chi connectivity index (χ3v) is 3.67. The molecule has 0 fully saturated rings. The summed E-state index contributed by atoms with van der Waals surface area (Å²) < 4.78 is 5.28. The Morgan fingerprint density at radius 3 is 2.95 bits per heavy atom. The lowest BCUT2D eigenvalue weighted by atomic mass is 10.2. The van der Waals surface area contributed by atoms with E-state index in [4.69, 9.17) is 4.74 Å². The minimum atomic E-state index is -0.141. The Morgan fingerprint density at radius 2 is 2.26 bits per heavy atom. The van der Waals surface area contributed by atoms with E-state index in [0.29, 0.717) is 11.6 Å². The first-order valence-electron chi connectivity index (χ1n) is 5.71. The summed E-state index contributed by atoms with van der Waals surface area (Å²) in [6.07, 6.45) is 0. The molecule has 2 N–H and O–H groups in total. The van der Waals surface area contributed by atoms with Crippen molar-refractivity contribution in [3.8, 4) is 5.75 Å². The van der Waals surface area contributed by atoms with Gasteiger partial charge in [0.1, 0.15) is 11.5 Å². The van der Waals surface area contributed by atoms with E-state index in [1.54, 1.807) is 7.11 Å². The molecule has 3 rings (SSSR count). The van der Waals surface area contributed by atoms with Gasteiger partial charge in [-0.05, 0) is 18.6 Å². The van der Waals surface area contributed by atoms with Crippen molar-refractivity contribution in [2.75, 3.05) is 12.9 Å². The van der Waals surface area contributed by atoms with Gasteiger partial charge in [0.05, 0.1) is 23.9 Å². The fourth-order valence-corrected chi connectivity index (χ4v) is 2.51. The second kappa shape index (κ2) is 4.58. The summed E-state index contributed by atoms with van der Waals surface area (Å²) in [5, 5.41) is 3.87. The topological polar surface area (TPSA) is 79.4 Å². The lowest BCUT2D eigenvalue weighted by Gasteiger charge is -2.08. The zero-order valence-electron chi connectivity index (χ0n) is 10.5. The summed E-state index contributed by atoms with van der Waals surface area (Å²) in [4.78, 5) is 18.7. The molecule has 0 radical (unpaired) electrons. The number of H-pyrrole nitrogens is 1. The third kappa shape index (κ3) is 2.17. The maximum absolute atomic E-state index is 11.0. The SMILES string of the molecule is COc1cc2nc(C3=NNC(=O)SC3)[nH]c2cc1C. The number of benzene rings is 1. The molecule has 0 bridgehead atoms. The van der Waals surface area contributed by atoms with Gasteiger partial charge in [-0.2, -0.15) is 5.10 Å². The highest BCUT2D eigenvalue weighted by molar-refractivity contribution is 8.14. The fraction of sp³-hybridized carbons (Fsp3) is 0.250. The van der Waals surface area contributed by atoms with E-state index in [9.17, 15) is 4.79 Å². The van der Waals surface area contributed by atoms with Gasteiger partial charge in [-0.3, -0.25) is 4.79 Å². The van der Waals surface area contributed by atoms with Crippen LogP contribution in [0.2, 0.25) is 0 Å². The van der Waals surface area contributed by atoms with Crippen LogP contribution in [0.4, 0.5) is 4.79 Å². The van der Waals surface area contributed by atoms with Crippen LogP contribution in [-0.2, 0) is 0 Å². The van der Waals surface area contributed by atoms with Gasteiger partial charge in [0, 0.05) is 6.07 Å². The zero-order chi connectivity index (χ0) is 13.4. The number of nitrogens with one attached hydrogen (secondary N) is 2. The van der Waals surface area contributed by atoms with E-state index < -0.39 is 0 Å². The molecule has 1 amide bonds. The summed E-state index contributed by atoms with van der Waals surface area (Å²) in [5.74, 6) is 2.00. The van der Waals surface area contributed by atoms with Crippen molar-refractivity contribution in [1.82, 2.24) is 15.4 Å². The second-order valence-corrected chi connectivity index (χ2v) is 5.12. The smallest absolute Gasteiger partial charge is 0.299 e. The predicted octanol–water partition coefficient (Wildman–Crippen LogP) is 2.04. The van der Waals surface area contributed by atoms with Gasteiger partial charge < -0.3 is 9.72 Å². The molecule has 1 aliphatic rings. The third-order valence-electron chi connectivity index (χ3n) is 2.89. The van der Waals surface area contributed by atoms with E-state index in [2.05, 4.69) is 20.5 Å². The predicted molar refractivity (Wildman–Crippen MR) is 74.9 cm³/mol. The Kier molecular flexibility index (Phi) is 2.90. The van der Waals surface area contributed by atoms with Crippen molar-refractivity contribution in [3.63, 3.8) is 0 Å². The molecular formula is C12H12N4O2S. The molecule has 19 heavy (non-hydrogen) atoms. The van der Waals surface area contributed by atoms with E-state index >= 15 is 0 Å². The van der Waals surface area contributed by atoms with Gasteiger partial charge >= 0.3 is 0 Å². The molecular weight excluding hydrogens is 264 g/mol. The molecule has 6 nitrogen and oxygen atoms in total. The molecule has 0 unspecified atom stereocenters. The highest BCUT2D eigenvalue weighted by Crippen LogP contribution is 2.24. The van der Waals surface area contributed by atoms with Crippen LogP contribution < -0.4 is 10.2 Å². The molecule has 0 saturated carbocycles. The number of fused-ring (bicyclic) bond motifs is 1. The number of nitrogens with zero attached hydrogens (tertiary/aromatic N) is 2. The number of aromatic nitrogens is 2. The number of amides is 1. The van der Waals surface area contributed by atoms with Crippen LogP contribution >= 0.6 is 11.8 Å². The zero-order valence-corrected chi connectivity index (χ0v) is 11.3. The molecule has 0 atom stereocenters. The van der Waals surface area contributed by atoms with Gasteiger partial charge in [-0.25, -0.2) is 10.4 Å². The fourth-order valence-electron chi connectivity index (χ4n) is 1.94. The summed E-state index contributed by atoms with van der Waals surface area (Å²) in [7, 11) is 1.64. The van der Waals surface area contributed by atoms with E-state index in [1.807, 2.05) is 19.1 Å². The van der Waals surface area contributed by atoms with Crippen molar-refractivity contribution in [1.29, 1.82) is 0 Å². The maximum Gasteiger partial charge on any atom is 0.299 e. The lowest BCUT2D eigenvalue weighted by Crippen LogP contribution is -2.24. The normalized spacial score (nSPS) is 15.3. The Labute approximate surface area is 113 Å². The number of hydrogen-bond acceptors (Lipinski definition) is 5. The minimum absolute atomic E-state index is 0.141. The average Bonchev–Trinajstić information content (AvgIpc) is 2.81. The standard InChI is InChI=1S/C12H12N4O2S/c1-6-3-7-8(4-10(6)18-2)14-11(13-7)9-5-19-12(17)16-15-9/h3-4H,5H2,1-2H3,(H,13,14)(H,16,17). The van der Waals surface area contributed by atoms with Crippen LogP contribution in [0.3, 0.4) is 0 Å². The van der Waals surface area contributed by atoms with Crippen LogP contribution in [0.15, 0.2) is 17.2 Å². The van der Waals surface area contributed by atoms with Crippen molar-refractivity contribution < 1.29 is 9.53 Å². The van der Waals surface area contributed by atoms with Gasteiger partial charge in [-0.15, -0.1) is 0 Å². The number of carbonyl (C=O) groups is 1. The quantitative estimate of drug-likeness (QED) is 0.879. The molecule has 0 saturated heterocycles. The van der Waals surface area contributed by atoms with Crippen molar-refractivity contribution in [2.45, 2.75) is 6.92 Å². The average molecular weight is 276 g/mol. The highest BCUT2D eigenvalue weighted by atomic mass is 32.2. The number of ether oxygens (including phenoxy) is 1.